The van der Waals surface area contributed by atoms with Crippen LogP contribution >= 0.6 is 11.3 Å². The smallest absolute Gasteiger partial charge is 0.257 e. The first kappa shape index (κ1) is 22.2. The molecule has 0 bridgehead atoms. The lowest BCUT2D eigenvalue weighted by Gasteiger charge is -2.41. The highest BCUT2D eigenvalue weighted by atomic mass is 32.1. The zero-order valence-electron chi connectivity index (χ0n) is 18.6. The Hall–Kier alpha value is -1.96. The van der Waals surface area contributed by atoms with Gasteiger partial charge in [0.25, 0.3) is 5.91 Å². The molecule has 1 aromatic heterocycles. The van der Waals surface area contributed by atoms with Gasteiger partial charge in [-0.05, 0) is 51.3 Å². The molecule has 2 aliphatic rings. The van der Waals surface area contributed by atoms with Crippen molar-refractivity contribution >= 4 is 17.2 Å². The highest BCUT2D eigenvalue weighted by Crippen LogP contribution is 2.29. The van der Waals surface area contributed by atoms with Gasteiger partial charge < -0.3 is 14.4 Å². The highest BCUT2D eigenvalue weighted by Gasteiger charge is 2.35. The summed E-state index contributed by atoms with van der Waals surface area (Å²) in [7, 11) is 1.77. The quantitative estimate of drug-likeness (QED) is 0.714. The molecule has 1 fully saturated rings. The van der Waals surface area contributed by atoms with Crippen LogP contribution in [0.25, 0.3) is 0 Å². The first-order valence-electron chi connectivity index (χ1n) is 11.3. The second kappa shape index (κ2) is 10.6. The van der Waals surface area contributed by atoms with E-state index in [0.717, 1.165) is 64.0 Å². The van der Waals surface area contributed by atoms with Gasteiger partial charge in [0.05, 0.1) is 28.9 Å². The van der Waals surface area contributed by atoms with Crippen molar-refractivity contribution in [2.75, 3.05) is 33.4 Å². The topological polar surface area (TPSA) is 54.9 Å². The predicted molar refractivity (Wildman–Crippen MR) is 123 cm³/mol. The van der Waals surface area contributed by atoms with Crippen LogP contribution < -0.4 is 4.74 Å². The lowest BCUT2D eigenvalue weighted by Crippen LogP contribution is -2.51. The van der Waals surface area contributed by atoms with Gasteiger partial charge in [0.2, 0.25) is 0 Å². The van der Waals surface area contributed by atoms with Crippen molar-refractivity contribution in [1.82, 2.24) is 14.8 Å². The van der Waals surface area contributed by atoms with Crippen LogP contribution in [0.2, 0.25) is 0 Å². The molecule has 6 nitrogen and oxygen atoms in total. The number of benzene rings is 1. The number of carbonyl (C=O) groups excluding carboxylic acids is 1. The third-order valence-corrected chi connectivity index (χ3v) is 7.42. The first-order valence-corrected chi connectivity index (χ1v) is 12.2. The van der Waals surface area contributed by atoms with Gasteiger partial charge in [0.15, 0.2) is 0 Å². The molecule has 31 heavy (non-hydrogen) atoms. The monoisotopic (exact) mass is 443 g/mol. The standard InChI is InChI=1S/C24H33N3O3S/c1-18-23(31-17-25-18)16-26-12-6-5-9-20-22(29-2)11-7-13-27(20)24(28)19-8-3-4-10-21(19)30-15-14-26/h3-4,8,10,17,20,22H,5-7,9,11-16H2,1-2H3/t20-,22-/m1/s1. The number of para-hydroxylation sites is 1. The third-order valence-electron chi connectivity index (χ3n) is 6.50. The van der Waals surface area contributed by atoms with Gasteiger partial charge in [-0.2, -0.15) is 0 Å². The first-order chi connectivity index (χ1) is 15.2. The van der Waals surface area contributed by atoms with E-state index in [1.807, 2.05) is 34.7 Å². The Morgan fingerprint density at radius 3 is 2.84 bits per heavy atom. The Morgan fingerprint density at radius 2 is 2.03 bits per heavy atom. The summed E-state index contributed by atoms with van der Waals surface area (Å²) in [6.07, 6.45) is 5.24. The number of methoxy groups -OCH3 is 1. The number of aryl methyl sites for hydroxylation is 1. The van der Waals surface area contributed by atoms with E-state index in [1.165, 1.54) is 4.88 Å². The fraction of sp³-hybridized carbons (Fsp3) is 0.583. The Morgan fingerprint density at radius 1 is 1.16 bits per heavy atom. The SMILES string of the molecule is CO[C@@H]1CCCN2C(=O)c3ccccc3OCCN(Cc3scnc3C)CCCC[C@H]12. The van der Waals surface area contributed by atoms with Crippen LogP contribution in [0.4, 0.5) is 0 Å². The van der Waals surface area contributed by atoms with Crippen molar-refractivity contribution in [3.63, 3.8) is 0 Å². The minimum absolute atomic E-state index is 0.0683. The van der Waals surface area contributed by atoms with Crippen LogP contribution in [-0.2, 0) is 11.3 Å². The summed E-state index contributed by atoms with van der Waals surface area (Å²) in [6.45, 7) is 6.17. The fourth-order valence-corrected chi connectivity index (χ4v) is 5.56. The number of rotatable bonds is 3. The molecule has 168 valence electrons. The van der Waals surface area contributed by atoms with E-state index in [0.29, 0.717) is 17.9 Å². The molecule has 0 unspecified atom stereocenters. The van der Waals surface area contributed by atoms with Crippen molar-refractivity contribution in [2.45, 2.75) is 57.7 Å². The molecule has 2 aromatic rings. The van der Waals surface area contributed by atoms with Gasteiger partial charge in [-0.3, -0.25) is 9.69 Å². The number of piperidine rings is 1. The summed E-state index contributed by atoms with van der Waals surface area (Å²) in [4.78, 5) is 23.7. The normalized spacial score (nSPS) is 23.7. The molecule has 2 atom stereocenters. The van der Waals surface area contributed by atoms with E-state index in [4.69, 9.17) is 9.47 Å². The molecule has 0 N–H and O–H groups in total. The van der Waals surface area contributed by atoms with Crippen molar-refractivity contribution < 1.29 is 14.3 Å². The maximum atomic E-state index is 13.5. The zero-order valence-corrected chi connectivity index (χ0v) is 19.4. The van der Waals surface area contributed by atoms with Crippen molar-refractivity contribution in [2.24, 2.45) is 0 Å². The lowest BCUT2D eigenvalue weighted by molar-refractivity contribution is -0.0155. The molecular formula is C24H33N3O3S. The number of amides is 1. The number of nitrogens with zero attached hydrogens (tertiary/aromatic N) is 3. The van der Waals surface area contributed by atoms with Crippen LogP contribution in [0.1, 0.15) is 53.0 Å². The number of ether oxygens (including phenoxy) is 2. The van der Waals surface area contributed by atoms with E-state index in [-0.39, 0.29) is 18.1 Å². The Bertz CT molecular complexity index is 871. The molecule has 0 radical (unpaired) electrons. The molecule has 0 aliphatic carbocycles. The van der Waals surface area contributed by atoms with Crippen LogP contribution in [0.3, 0.4) is 0 Å². The summed E-state index contributed by atoms with van der Waals surface area (Å²) >= 11 is 1.72. The van der Waals surface area contributed by atoms with E-state index in [2.05, 4.69) is 16.8 Å². The molecule has 1 aromatic carbocycles. The molecule has 0 spiro atoms. The largest absolute Gasteiger partial charge is 0.491 e. The van der Waals surface area contributed by atoms with E-state index >= 15 is 0 Å². The summed E-state index contributed by atoms with van der Waals surface area (Å²) < 4.78 is 12.0. The van der Waals surface area contributed by atoms with Crippen LogP contribution in [-0.4, -0.2) is 66.2 Å². The summed E-state index contributed by atoms with van der Waals surface area (Å²) in [5, 5.41) is 0. The average molecular weight is 444 g/mol. The molecule has 0 saturated carbocycles. The minimum Gasteiger partial charge on any atom is -0.491 e. The highest BCUT2D eigenvalue weighted by molar-refractivity contribution is 7.09. The zero-order chi connectivity index (χ0) is 21.6. The Labute approximate surface area is 189 Å². The second-order valence-corrected chi connectivity index (χ2v) is 9.40. The van der Waals surface area contributed by atoms with Crippen LogP contribution in [0.5, 0.6) is 5.75 Å². The van der Waals surface area contributed by atoms with E-state index in [1.54, 1.807) is 18.4 Å². The van der Waals surface area contributed by atoms with Gasteiger partial charge in [0, 0.05) is 31.6 Å². The molecule has 1 amide bonds. The maximum absolute atomic E-state index is 13.5. The van der Waals surface area contributed by atoms with Crippen LogP contribution in [0, 0.1) is 6.92 Å². The molecule has 3 heterocycles. The Kier molecular flexibility index (Phi) is 7.58. The van der Waals surface area contributed by atoms with Gasteiger partial charge >= 0.3 is 0 Å². The average Bonchev–Trinajstić information content (AvgIpc) is 3.20. The minimum atomic E-state index is 0.0683. The Balaban J connectivity index is 1.56. The van der Waals surface area contributed by atoms with Gasteiger partial charge in [-0.15, -0.1) is 11.3 Å². The summed E-state index contributed by atoms with van der Waals surface area (Å²) in [5.41, 5.74) is 3.70. The molecule has 1 saturated heterocycles. The molecular weight excluding hydrogens is 410 g/mol. The number of fused-ring (bicyclic) bond motifs is 2. The molecule has 4 rings (SSSR count). The fourth-order valence-electron chi connectivity index (χ4n) is 4.74. The number of thiazole rings is 1. The number of hydrogen-bond donors (Lipinski definition) is 0. The molecule has 2 aliphatic heterocycles. The van der Waals surface area contributed by atoms with E-state index in [9.17, 15) is 4.79 Å². The van der Waals surface area contributed by atoms with Crippen LogP contribution in [0.15, 0.2) is 29.8 Å². The second-order valence-electron chi connectivity index (χ2n) is 8.46. The third kappa shape index (κ3) is 5.27. The van der Waals surface area contributed by atoms with Gasteiger partial charge in [0.1, 0.15) is 12.4 Å². The summed E-state index contributed by atoms with van der Waals surface area (Å²) in [6, 6.07) is 7.79. The number of hydrogen-bond acceptors (Lipinski definition) is 6. The lowest BCUT2D eigenvalue weighted by atomic mass is 9.93. The van der Waals surface area contributed by atoms with E-state index < -0.39 is 0 Å². The summed E-state index contributed by atoms with van der Waals surface area (Å²) in [5.74, 6) is 0.748. The number of carbonyl (C=O) groups is 1. The van der Waals surface area contributed by atoms with Crippen molar-refractivity contribution in [1.29, 1.82) is 0 Å². The van der Waals surface area contributed by atoms with Gasteiger partial charge in [-0.25, -0.2) is 4.98 Å². The van der Waals surface area contributed by atoms with Gasteiger partial charge in [-0.1, -0.05) is 18.6 Å². The van der Waals surface area contributed by atoms with Crippen molar-refractivity contribution in [3.8, 4) is 5.75 Å². The number of aromatic nitrogens is 1. The maximum Gasteiger partial charge on any atom is 0.257 e. The predicted octanol–water partition coefficient (Wildman–Crippen LogP) is 4.14. The molecule has 7 heteroatoms. The van der Waals surface area contributed by atoms with Crippen molar-refractivity contribution in [3.05, 3.63) is 45.9 Å².